The topological polar surface area (TPSA) is 72.2 Å². The molecule has 0 aliphatic carbocycles. The number of nitrogens with one attached hydrogen (secondary N) is 1. The molecule has 0 saturated carbocycles. The lowest BCUT2D eigenvalue weighted by Crippen LogP contribution is -2.12. The van der Waals surface area contributed by atoms with Crippen LogP contribution in [0.3, 0.4) is 0 Å². The van der Waals surface area contributed by atoms with Crippen molar-refractivity contribution in [2.45, 2.75) is 0 Å². The number of hydrogen-bond acceptors (Lipinski definition) is 4. The molecule has 19 heavy (non-hydrogen) atoms. The summed E-state index contributed by atoms with van der Waals surface area (Å²) in [5.74, 6) is -0.307. The largest absolute Gasteiger partial charge is 0.319 e. The first-order chi connectivity index (χ1) is 9.25. The predicted molar refractivity (Wildman–Crippen MR) is 70.2 cm³/mol. The molecule has 94 valence electrons. The lowest BCUT2D eigenvalue weighted by Gasteiger charge is -2.05. The third-order valence-corrected chi connectivity index (χ3v) is 2.92. The molecule has 3 aromatic rings. The molecule has 3 rings (SSSR count). The lowest BCUT2D eigenvalue weighted by molar-refractivity contribution is 0.102. The number of amides is 1. The summed E-state index contributed by atoms with van der Waals surface area (Å²) in [7, 11) is 0. The Morgan fingerprint density at radius 3 is 2.89 bits per heavy atom. The van der Waals surface area contributed by atoms with Crippen molar-refractivity contribution in [2.75, 3.05) is 5.32 Å². The Kier molecular flexibility index (Phi) is 2.85. The number of rotatable bonds is 2. The van der Waals surface area contributed by atoms with E-state index in [1.165, 1.54) is 12.4 Å². The maximum Gasteiger partial charge on any atom is 0.259 e. The van der Waals surface area contributed by atoms with Crippen molar-refractivity contribution in [3.05, 3.63) is 53.8 Å². The van der Waals surface area contributed by atoms with Crippen molar-refractivity contribution >= 4 is 28.7 Å². The molecule has 0 atom stereocenters. The molecule has 0 spiro atoms. The number of fused-ring (bicyclic) bond motifs is 1. The fraction of sp³-hybridized carbons (Fsp3) is 0. The van der Waals surface area contributed by atoms with Gasteiger partial charge in [0, 0.05) is 18.6 Å². The van der Waals surface area contributed by atoms with E-state index in [-0.39, 0.29) is 5.91 Å². The highest BCUT2D eigenvalue weighted by molar-refractivity contribution is 6.33. The molecule has 0 aromatic carbocycles. The van der Waals surface area contributed by atoms with Gasteiger partial charge in [0.1, 0.15) is 0 Å². The first kappa shape index (κ1) is 11.6. The lowest BCUT2D eigenvalue weighted by atomic mass is 10.2. The van der Waals surface area contributed by atoms with Gasteiger partial charge >= 0.3 is 0 Å². The van der Waals surface area contributed by atoms with Crippen LogP contribution in [0.1, 0.15) is 10.4 Å². The number of halogens is 1. The summed E-state index contributed by atoms with van der Waals surface area (Å²) in [6.45, 7) is 0. The third-order valence-electron chi connectivity index (χ3n) is 2.59. The monoisotopic (exact) mass is 273 g/mol. The second kappa shape index (κ2) is 4.66. The number of hydrogen-bond donors (Lipinski definition) is 1. The fourth-order valence-corrected chi connectivity index (χ4v) is 1.82. The molecule has 0 radical (unpaired) electrons. The number of carbonyl (C=O) groups excluding carboxylic acids is 1. The van der Waals surface area contributed by atoms with E-state index in [0.717, 1.165) is 0 Å². The van der Waals surface area contributed by atoms with Gasteiger partial charge in [0.25, 0.3) is 5.91 Å². The SMILES string of the molecule is O=C(Nc1cnccc1Cl)c1cnn2ccncc12. The van der Waals surface area contributed by atoms with E-state index in [2.05, 4.69) is 20.4 Å². The van der Waals surface area contributed by atoms with Crippen LogP contribution in [0.2, 0.25) is 5.02 Å². The molecule has 0 aliphatic heterocycles. The van der Waals surface area contributed by atoms with Crippen LogP contribution in [-0.2, 0) is 0 Å². The van der Waals surface area contributed by atoms with Gasteiger partial charge in [-0.2, -0.15) is 5.10 Å². The first-order valence-electron chi connectivity index (χ1n) is 5.44. The number of pyridine rings is 1. The second-order valence-electron chi connectivity index (χ2n) is 3.77. The number of nitrogens with zero attached hydrogens (tertiary/aromatic N) is 4. The summed E-state index contributed by atoms with van der Waals surface area (Å²) >= 11 is 5.96. The summed E-state index contributed by atoms with van der Waals surface area (Å²) in [5, 5.41) is 7.19. The smallest absolute Gasteiger partial charge is 0.259 e. The molecule has 0 saturated heterocycles. The van der Waals surface area contributed by atoms with E-state index >= 15 is 0 Å². The van der Waals surface area contributed by atoms with Crippen LogP contribution in [-0.4, -0.2) is 25.5 Å². The minimum absolute atomic E-state index is 0.307. The van der Waals surface area contributed by atoms with Crippen LogP contribution in [0.25, 0.3) is 5.52 Å². The Labute approximate surface area is 113 Å². The number of aromatic nitrogens is 4. The van der Waals surface area contributed by atoms with Crippen molar-refractivity contribution < 1.29 is 4.79 Å². The highest BCUT2D eigenvalue weighted by atomic mass is 35.5. The maximum atomic E-state index is 12.2. The van der Waals surface area contributed by atoms with Crippen molar-refractivity contribution in [3.8, 4) is 0 Å². The first-order valence-corrected chi connectivity index (χ1v) is 5.82. The predicted octanol–water partition coefficient (Wildman–Crippen LogP) is 2.03. The van der Waals surface area contributed by atoms with Gasteiger partial charge in [-0.1, -0.05) is 11.6 Å². The van der Waals surface area contributed by atoms with Gasteiger partial charge in [0.15, 0.2) is 0 Å². The van der Waals surface area contributed by atoms with Gasteiger partial charge in [0.2, 0.25) is 0 Å². The van der Waals surface area contributed by atoms with E-state index in [4.69, 9.17) is 11.6 Å². The molecular formula is C12H8ClN5O. The molecule has 6 nitrogen and oxygen atoms in total. The number of anilines is 1. The zero-order valence-electron chi connectivity index (χ0n) is 9.62. The normalized spacial score (nSPS) is 10.6. The summed E-state index contributed by atoms with van der Waals surface area (Å²) in [6.07, 6.45) is 9.37. The summed E-state index contributed by atoms with van der Waals surface area (Å²) in [6, 6.07) is 1.61. The van der Waals surface area contributed by atoms with Crippen LogP contribution < -0.4 is 5.32 Å². The van der Waals surface area contributed by atoms with Crippen molar-refractivity contribution in [3.63, 3.8) is 0 Å². The van der Waals surface area contributed by atoms with Crippen molar-refractivity contribution in [2.24, 2.45) is 0 Å². The molecule has 1 N–H and O–H groups in total. The molecule has 0 unspecified atom stereocenters. The average molecular weight is 274 g/mol. The molecular weight excluding hydrogens is 266 g/mol. The average Bonchev–Trinajstić information content (AvgIpc) is 2.85. The van der Waals surface area contributed by atoms with E-state index in [9.17, 15) is 4.79 Å². The van der Waals surface area contributed by atoms with E-state index in [0.29, 0.717) is 21.8 Å². The van der Waals surface area contributed by atoms with Crippen LogP contribution in [0.4, 0.5) is 5.69 Å². The molecule has 0 aliphatic rings. The minimum Gasteiger partial charge on any atom is -0.319 e. The highest BCUT2D eigenvalue weighted by Gasteiger charge is 2.14. The summed E-state index contributed by atoms with van der Waals surface area (Å²) in [5.41, 5.74) is 1.51. The van der Waals surface area contributed by atoms with E-state index < -0.39 is 0 Å². The van der Waals surface area contributed by atoms with Crippen LogP contribution in [0.5, 0.6) is 0 Å². The molecule has 0 fully saturated rings. The van der Waals surface area contributed by atoms with E-state index in [1.807, 2.05) is 0 Å². The van der Waals surface area contributed by atoms with E-state index in [1.54, 1.807) is 35.4 Å². The zero-order chi connectivity index (χ0) is 13.2. The highest BCUT2D eigenvalue weighted by Crippen LogP contribution is 2.20. The molecule has 0 bridgehead atoms. The maximum absolute atomic E-state index is 12.2. The van der Waals surface area contributed by atoms with Gasteiger partial charge < -0.3 is 5.32 Å². The summed E-state index contributed by atoms with van der Waals surface area (Å²) in [4.78, 5) is 20.0. The quantitative estimate of drug-likeness (QED) is 0.775. The Bertz CT molecular complexity index is 754. The van der Waals surface area contributed by atoms with Gasteiger partial charge in [-0.3, -0.25) is 14.8 Å². The Hall–Kier alpha value is -2.47. The molecule has 7 heteroatoms. The van der Waals surface area contributed by atoms with Gasteiger partial charge in [-0.15, -0.1) is 0 Å². The van der Waals surface area contributed by atoms with Crippen LogP contribution >= 0.6 is 11.6 Å². The van der Waals surface area contributed by atoms with Gasteiger partial charge in [-0.25, -0.2) is 4.52 Å². The standard InChI is InChI=1S/C12H8ClN5O/c13-9-1-2-14-6-10(9)17-12(19)8-5-16-18-4-3-15-7-11(8)18/h1-7H,(H,17,19). The van der Waals surface area contributed by atoms with Crippen LogP contribution in [0.15, 0.2) is 43.2 Å². The van der Waals surface area contributed by atoms with Crippen molar-refractivity contribution in [1.29, 1.82) is 0 Å². The Morgan fingerprint density at radius 1 is 1.21 bits per heavy atom. The zero-order valence-corrected chi connectivity index (χ0v) is 10.4. The third kappa shape index (κ3) is 2.13. The molecule has 1 amide bonds. The van der Waals surface area contributed by atoms with Crippen molar-refractivity contribution in [1.82, 2.24) is 19.6 Å². The van der Waals surface area contributed by atoms with Crippen LogP contribution in [0, 0.1) is 0 Å². The fourth-order valence-electron chi connectivity index (χ4n) is 1.67. The molecule has 3 heterocycles. The summed E-state index contributed by atoms with van der Waals surface area (Å²) < 4.78 is 1.58. The molecule has 3 aromatic heterocycles. The van der Waals surface area contributed by atoms with Gasteiger partial charge in [0.05, 0.1) is 40.4 Å². The second-order valence-corrected chi connectivity index (χ2v) is 4.18. The van der Waals surface area contributed by atoms with Gasteiger partial charge in [-0.05, 0) is 6.07 Å². The Balaban J connectivity index is 1.95. The number of carbonyl (C=O) groups is 1. The minimum atomic E-state index is -0.307. The Morgan fingerprint density at radius 2 is 2.05 bits per heavy atom.